The first-order valence-electron chi connectivity index (χ1n) is 10.4. The summed E-state index contributed by atoms with van der Waals surface area (Å²) in [7, 11) is 1.74. The van der Waals surface area contributed by atoms with Crippen LogP contribution in [0.1, 0.15) is 30.7 Å². The summed E-state index contributed by atoms with van der Waals surface area (Å²) in [5, 5.41) is 1.32. The number of fused-ring (bicyclic) bond motifs is 1. The van der Waals surface area contributed by atoms with Gasteiger partial charge in [0.15, 0.2) is 0 Å². The van der Waals surface area contributed by atoms with Gasteiger partial charge in [0.05, 0.1) is 7.11 Å². The molecule has 1 N–H and O–H groups in total. The van der Waals surface area contributed by atoms with Crippen molar-refractivity contribution < 1.29 is 4.74 Å². The van der Waals surface area contributed by atoms with Crippen LogP contribution in [0.25, 0.3) is 10.9 Å². The third-order valence-corrected chi connectivity index (χ3v) is 6.57. The zero-order valence-corrected chi connectivity index (χ0v) is 16.5. The number of methoxy groups -OCH3 is 1. The second-order valence-electron chi connectivity index (χ2n) is 8.03. The number of benzene rings is 1. The lowest BCUT2D eigenvalue weighted by Crippen LogP contribution is -2.50. The van der Waals surface area contributed by atoms with Gasteiger partial charge >= 0.3 is 0 Å². The number of nitrogens with one attached hydrogen (secondary N) is 1. The quantitative estimate of drug-likeness (QED) is 0.747. The number of aromatic nitrogens is 2. The lowest BCUT2D eigenvalue weighted by atomic mass is 9.96. The van der Waals surface area contributed by atoms with E-state index in [1.807, 2.05) is 18.3 Å². The van der Waals surface area contributed by atoms with E-state index in [9.17, 15) is 0 Å². The molecule has 5 heteroatoms. The van der Waals surface area contributed by atoms with Crippen molar-refractivity contribution in [3.8, 4) is 5.75 Å². The highest BCUT2D eigenvalue weighted by Crippen LogP contribution is 2.40. The van der Waals surface area contributed by atoms with E-state index < -0.39 is 0 Å². The molecule has 3 aromatic rings. The molecule has 0 amide bonds. The fourth-order valence-corrected chi connectivity index (χ4v) is 5.01. The minimum absolute atomic E-state index is 0.639. The Morgan fingerprint density at radius 3 is 2.75 bits per heavy atom. The largest absolute Gasteiger partial charge is 0.497 e. The number of anilines is 1. The maximum Gasteiger partial charge on any atom is 0.128 e. The van der Waals surface area contributed by atoms with Crippen LogP contribution in [-0.4, -0.2) is 54.2 Å². The number of aromatic amines is 1. The Balaban J connectivity index is 1.25. The maximum absolute atomic E-state index is 5.44. The number of hydrogen-bond acceptors (Lipinski definition) is 4. The first-order chi connectivity index (χ1) is 13.8. The summed E-state index contributed by atoms with van der Waals surface area (Å²) >= 11 is 0. The van der Waals surface area contributed by atoms with E-state index >= 15 is 0 Å². The Bertz CT molecular complexity index is 930. The molecular weight excluding hydrogens is 348 g/mol. The van der Waals surface area contributed by atoms with Gasteiger partial charge in [-0.25, -0.2) is 4.98 Å². The van der Waals surface area contributed by atoms with Gasteiger partial charge in [0.2, 0.25) is 0 Å². The van der Waals surface area contributed by atoms with Crippen LogP contribution in [0.5, 0.6) is 5.75 Å². The van der Waals surface area contributed by atoms with Crippen molar-refractivity contribution in [2.45, 2.75) is 31.2 Å². The van der Waals surface area contributed by atoms with E-state index in [-0.39, 0.29) is 0 Å². The zero-order chi connectivity index (χ0) is 18.9. The van der Waals surface area contributed by atoms with Crippen molar-refractivity contribution in [1.82, 2.24) is 14.9 Å². The molecule has 146 valence electrons. The van der Waals surface area contributed by atoms with E-state index in [0.29, 0.717) is 12.0 Å². The Kier molecular flexibility index (Phi) is 4.69. The molecule has 0 radical (unpaired) electrons. The molecular formula is C23H28N4O. The molecule has 0 spiro atoms. The van der Waals surface area contributed by atoms with Crippen LogP contribution in [0.2, 0.25) is 0 Å². The fraction of sp³-hybridized carbons (Fsp3) is 0.435. The van der Waals surface area contributed by atoms with E-state index in [4.69, 9.17) is 4.74 Å². The van der Waals surface area contributed by atoms with Crippen LogP contribution in [-0.2, 0) is 0 Å². The van der Waals surface area contributed by atoms with E-state index in [2.05, 4.69) is 50.2 Å². The Morgan fingerprint density at radius 1 is 1.07 bits per heavy atom. The van der Waals surface area contributed by atoms with Gasteiger partial charge < -0.3 is 14.6 Å². The van der Waals surface area contributed by atoms with Gasteiger partial charge in [-0.15, -0.1) is 0 Å². The summed E-state index contributed by atoms with van der Waals surface area (Å²) in [5.41, 5.74) is 2.67. The summed E-state index contributed by atoms with van der Waals surface area (Å²) in [4.78, 5) is 13.1. The molecule has 2 fully saturated rings. The Morgan fingerprint density at radius 2 is 1.96 bits per heavy atom. The normalized spacial score (nSPS) is 23.4. The summed E-state index contributed by atoms with van der Waals surface area (Å²) in [5.74, 6) is 2.69. The number of pyridine rings is 1. The SMILES string of the molecule is COc1ccc2[nH]cc(C3CCC(N4CCN(c5ccccn5)CC4)C3)c2c1. The average molecular weight is 377 g/mol. The third-order valence-electron chi connectivity index (χ3n) is 6.57. The number of rotatable bonds is 4. The van der Waals surface area contributed by atoms with Crippen LogP contribution in [0.3, 0.4) is 0 Å². The highest BCUT2D eigenvalue weighted by molar-refractivity contribution is 5.85. The summed E-state index contributed by atoms with van der Waals surface area (Å²) < 4.78 is 5.44. The first-order valence-corrected chi connectivity index (χ1v) is 10.4. The van der Waals surface area contributed by atoms with Crippen molar-refractivity contribution in [1.29, 1.82) is 0 Å². The van der Waals surface area contributed by atoms with Gasteiger partial charge in [-0.2, -0.15) is 0 Å². The molecule has 1 saturated carbocycles. The second-order valence-corrected chi connectivity index (χ2v) is 8.03. The molecule has 1 saturated heterocycles. The van der Waals surface area contributed by atoms with Crippen LogP contribution < -0.4 is 9.64 Å². The minimum atomic E-state index is 0.639. The van der Waals surface area contributed by atoms with Gasteiger partial charge in [0.1, 0.15) is 11.6 Å². The maximum atomic E-state index is 5.44. The van der Waals surface area contributed by atoms with Gasteiger partial charge in [0, 0.05) is 55.5 Å². The first kappa shape index (κ1) is 17.6. The molecule has 2 aromatic heterocycles. The molecule has 5 nitrogen and oxygen atoms in total. The fourth-order valence-electron chi connectivity index (χ4n) is 5.01. The molecule has 5 rings (SSSR count). The van der Waals surface area contributed by atoms with E-state index in [1.165, 1.54) is 35.7 Å². The molecule has 1 aliphatic carbocycles. The molecule has 0 bridgehead atoms. The second kappa shape index (κ2) is 7.47. The monoisotopic (exact) mass is 376 g/mol. The third kappa shape index (κ3) is 3.24. The van der Waals surface area contributed by atoms with Crippen LogP contribution >= 0.6 is 0 Å². The van der Waals surface area contributed by atoms with Crippen molar-refractivity contribution in [2.75, 3.05) is 38.2 Å². The van der Waals surface area contributed by atoms with Crippen molar-refractivity contribution >= 4 is 16.7 Å². The molecule has 28 heavy (non-hydrogen) atoms. The predicted molar refractivity (Wildman–Crippen MR) is 113 cm³/mol. The van der Waals surface area contributed by atoms with Gasteiger partial charge in [-0.1, -0.05) is 6.07 Å². The lowest BCUT2D eigenvalue weighted by molar-refractivity contribution is 0.186. The van der Waals surface area contributed by atoms with Gasteiger partial charge in [-0.05, 0) is 61.1 Å². The van der Waals surface area contributed by atoms with Crippen LogP contribution in [0, 0.1) is 0 Å². The van der Waals surface area contributed by atoms with Crippen molar-refractivity contribution in [3.05, 3.63) is 54.4 Å². The summed E-state index contributed by atoms with van der Waals surface area (Å²) in [6.07, 6.45) is 7.93. The molecule has 2 atom stereocenters. The lowest BCUT2D eigenvalue weighted by Gasteiger charge is -2.38. The molecule has 3 heterocycles. The highest BCUT2D eigenvalue weighted by Gasteiger charge is 2.33. The Labute approximate surface area is 166 Å². The standard InChI is InChI=1S/C23H28N4O/c1-28-19-7-8-22-20(15-19)21(16-25-22)17-5-6-18(14-17)26-10-12-27(13-11-26)23-4-2-3-9-24-23/h2-4,7-9,15-18,25H,5-6,10-14H2,1H3. The minimum Gasteiger partial charge on any atom is -0.497 e. The van der Waals surface area contributed by atoms with Crippen molar-refractivity contribution in [3.63, 3.8) is 0 Å². The zero-order valence-electron chi connectivity index (χ0n) is 16.5. The Hall–Kier alpha value is -2.53. The summed E-state index contributed by atoms with van der Waals surface area (Å²) in [6.45, 7) is 4.41. The highest BCUT2D eigenvalue weighted by atomic mass is 16.5. The number of H-pyrrole nitrogens is 1. The van der Waals surface area contributed by atoms with Crippen LogP contribution in [0.4, 0.5) is 5.82 Å². The van der Waals surface area contributed by atoms with Crippen LogP contribution in [0.15, 0.2) is 48.8 Å². The number of piperazine rings is 1. The van der Waals surface area contributed by atoms with E-state index in [1.54, 1.807) is 7.11 Å². The molecule has 2 unspecified atom stereocenters. The van der Waals surface area contributed by atoms with Gasteiger partial charge in [-0.3, -0.25) is 4.90 Å². The topological polar surface area (TPSA) is 44.4 Å². The summed E-state index contributed by atoms with van der Waals surface area (Å²) in [6, 6.07) is 13.2. The smallest absolute Gasteiger partial charge is 0.128 e. The molecule has 1 aliphatic heterocycles. The average Bonchev–Trinajstić information content (AvgIpc) is 3.41. The van der Waals surface area contributed by atoms with Gasteiger partial charge in [0.25, 0.3) is 0 Å². The molecule has 1 aromatic carbocycles. The number of hydrogen-bond donors (Lipinski definition) is 1. The van der Waals surface area contributed by atoms with Crippen molar-refractivity contribution in [2.24, 2.45) is 0 Å². The predicted octanol–water partition coefficient (Wildman–Crippen LogP) is 4.03. The molecule has 2 aliphatic rings. The number of nitrogens with zero attached hydrogens (tertiary/aromatic N) is 3. The number of ether oxygens (including phenoxy) is 1. The van der Waals surface area contributed by atoms with E-state index in [0.717, 1.165) is 37.7 Å².